The van der Waals surface area contributed by atoms with Crippen LogP contribution in [0.1, 0.15) is 30.9 Å². The minimum Gasteiger partial charge on any atom is -0.447 e. The maximum atomic E-state index is 12.8. The van der Waals surface area contributed by atoms with Crippen molar-refractivity contribution in [1.29, 1.82) is 0 Å². The fourth-order valence-electron chi connectivity index (χ4n) is 4.77. The van der Waals surface area contributed by atoms with Gasteiger partial charge in [0, 0.05) is 19.5 Å². The van der Waals surface area contributed by atoms with Gasteiger partial charge in [-0.3, -0.25) is 14.8 Å². The number of aromatic nitrogens is 1. The second-order valence-electron chi connectivity index (χ2n) is 11.2. The number of carbonyl (C=O) groups excluding carboxylic acids is 2. The van der Waals surface area contributed by atoms with Gasteiger partial charge in [-0.25, -0.2) is 9.59 Å². The lowest BCUT2D eigenvalue weighted by molar-refractivity contribution is 0.0148. The van der Waals surface area contributed by atoms with Gasteiger partial charge in [-0.15, -0.1) is 45.3 Å². The molecule has 0 aliphatic rings. The first kappa shape index (κ1) is 39.5. The number of ether oxygens (including phenoxy) is 6. The Morgan fingerprint density at radius 3 is 1.15 bits per heavy atom. The van der Waals surface area contributed by atoms with Crippen LogP contribution in [-0.4, -0.2) is 79.8 Å². The van der Waals surface area contributed by atoms with Gasteiger partial charge in [0.25, 0.3) is 0 Å². The third-order valence-corrected chi connectivity index (χ3v) is 10.7. The fourth-order valence-corrected chi connectivity index (χ4v) is 7.65. The summed E-state index contributed by atoms with van der Waals surface area (Å²) in [5, 5.41) is 8.00. The fraction of sp³-hybridized carbons (Fsp3) is 0.378. The molecule has 5 aromatic heterocycles. The van der Waals surface area contributed by atoms with Crippen LogP contribution in [0.15, 0.2) is 88.3 Å². The maximum absolute atomic E-state index is 12.8. The van der Waals surface area contributed by atoms with E-state index in [-0.39, 0.29) is 38.6 Å². The first-order valence-corrected chi connectivity index (χ1v) is 20.3. The number of rotatable bonds is 24. The number of carbonyl (C=O) groups is 2. The van der Waals surface area contributed by atoms with Crippen LogP contribution in [0.4, 0.5) is 9.59 Å². The quantitative estimate of drug-likeness (QED) is 0.0574. The lowest BCUT2D eigenvalue weighted by Crippen LogP contribution is -2.31. The van der Waals surface area contributed by atoms with E-state index in [1.54, 1.807) is 55.1 Å². The molecule has 0 atom stereocenters. The van der Waals surface area contributed by atoms with E-state index < -0.39 is 0 Å². The van der Waals surface area contributed by atoms with Gasteiger partial charge < -0.3 is 28.4 Å². The Morgan fingerprint density at radius 2 is 0.808 bits per heavy atom. The van der Waals surface area contributed by atoms with Crippen LogP contribution in [0.25, 0.3) is 0 Å². The van der Waals surface area contributed by atoms with E-state index in [1.807, 2.05) is 88.3 Å². The molecule has 0 aliphatic heterocycles. The first-order valence-electron chi connectivity index (χ1n) is 16.8. The van der Waals surface area contributed by atoms with Gasteiger partial charge >= 0.3 is 12.2 Å². The van der Waals surface area contributed by atoms with Gasteiger partial charge in [0.05, 0.1) is 90.4 Å². The van der Waals surface area contributed by atoms with E-state index >= 15 is 0 Å². The molecule has 0 radical (unpaired) electrons. The van der Waals surface area contributed by atoms with Crippen LogP contribution >= 0.6 is 45.3 Å². The smallest absolute Gasteiger partial charge is 0.410 e. The number of thiophene rings is 4. The zero-order valence-corrected chi connectivity index (χ0v) is 32.1. The van der Waals surface area contributed by atoms with E-state index in [1.165, 1.54) is 0 Å². The Kier molecular flexibility index (Phi) is 17.6. The molecule has 0 aromatic carbocycles. The van der Waals surface area contributed by atoms with Crippen LogP contribution in [0.2, 0.25) is 0 Å². The summed E-state index contributed by atoms with van der Waals surface area (Å²) in [6, 6.07) is 21.7. The molecule has 0 N–H and O–H groups in total. The SMILES string of the molecule is O=C(OCCOCCOCc1cccc(COCCOCCOC(=O)N(Cc2cccs2)Cc2cccs2)n1)N(Cc1cccs1)Cc1cccs1. The minimum atomic E-state index is -0.361. The van der Waals surface area contributed by atoms with Crippen molar-refractivity contribution < 1.29 is 38.0 Å². The Hall–Kier alpha value is -3.67. The Morgan fingerprint density at radius 1 is 0.462 bits per heavy atom. The van der Waals surface area contributed by atoms with E-state index in [0.29, 0.717) is 65.8 Å². The molecule has 0 unspecified atom stereocenters. The standard InChI is InChI=1S/C37H43N3O8S4/c41-36(39(24-32-8-2-20-49-32)25-33-9-3-21-50-33)47-18-16-43-12-14-45-28-30-6-1-7-31(38-30)29-46-15-13-44-17-19-48-37(42)40(26-34-10-4-22-51-34)27-35-11-5-23-52-35/h1-11,20-23H,12-19,24-29H2. The molecule has 0 spiro atoms. The molecule has 0 bridgehead atoms. The number of pyridine rings is 1. The van der Waals surface area contributed by atoms with Crippen molar-refractivity contribution in [1.82, 2.24) is 14.8 Å². The Balaban J connectivity index is 0.873. The second-order valence-corrected chi connectivity index (χ2v) is 15.3. The Bertz CT molecular complexity index is 1480. The zero-order valence-electron chi connectivity index (χ0n) is 28.8. The van der Waals surface area contributed by atoms with E-state index in [4.69, 9.17) is 28.4 Å². The van der Waals surface area contributed by atoms with Gasteiger partial charge in [-0.1, -0.05) is 30.3 Å². The van der Waals surface area contributed by atoms with Crippen molar-refractivity contribution in [3.8, 4) is 0 Å². The highest BCUT2D eigenvalue weighted by Gasteiger charge is 2.18. The molecule has 5 rings (SSSR count). The zero-order chi connectivity index (χ0) is 36.1. The second kappa shape index (κ2) is 23.1. The molecule has 2 amide bonds. The van der Waals surface area contributed by atoms with Crippen LogP contribution in [0, 0.1) is 0 Å². The minimum absolute atomic E-state index is 0.164. The van der Waals surface area contributed by atoms with Crippen molar-refractivity contribution in [2.75, 3.05) is 52.9 Å². The molecule has 0 saturated heterocycles. The van der Waals surface area contributed by atoms with Crippen LogP contribution < -0.4 is 0 Å². The lowest BCUT2D eigenvalue weighted by atomic mass is 10.3. The summed E-state index contributed by atoms with van der Waals surface area (Å²) in [6.45, 7) is 5.11. The highest BCUT2D eigenvalue weighted by molar-refractivity contribution is 7.10. The summed E-state index contributed by atoms with van der Waals surface area (Å²) in [6.07, 6.45) is -0.722. The summed E-state index contributed by atoms with van der Waals surface area (Å²) in [4.78, 5) is 37.9. The molecule has 5 aromatic rings. The average molecular weight is 786 g/mol. The van der Waals surface area contributed by atoms with Gasteiger partial charge in [0.2, 0.25) is 0 Å². The van der Waals surface area contributed by atoms with Gasteiger partial charge in [0.1, 0.15) is 13.2 Å². The molecular weight excluding hydrogens is 743 g/mol. The van der Waals surface area contributed by atoms with Crippen molar-refractivity contribution >= 4 is 57.5 Å². The number of hydrogen-bond acceptors (Lipinski definition) is 13. The average Bonchev–Trinajstić information content (AvgIpc) is 4.00. The highest BCUT2D eigenvalue weighted by atomic mass is 32.1. The normalized spacial score (nSPS) is 11.1. The summed E-state index contributed by atoms with van der Waals surface area (Å²) >= 11 is 6.47. The van der Waals surface area contributed by atoms with E-state index in [9.17, 15) is 9.59 Å². The number of amides is 2. The third kappa shape index (κ3) is 14.8. The third-order valence-electron chi connectivity index (χ3n) is 7.24. The summed E-state index contributed by atoms with van der Waals surface area (Å²) in [5.41, 5.74) is 1.58. The topological polar surface area (TPSA) is 109 Å². The van der Waals surface area contributed by atoms with Crippen molar-refractivity contribution in [2.45, 2.75) is 39.4 Å². The van der Waals surface area contributed by atoms with E-state index in [2.05, 4.69) is 4.98 Å². The number of nitrogens with zero attached hydrogens (tertiary/aromatic N) is 3. The summed E-state index contributed by atoms with van der Waals surface area (Å²) in [5.74, 6) is 0. The lowest BCUT2D eigenvalue weighted by Gasteiger charge is -2.21. The van der Waals surface area contributed by atoms with Crippen LogP contribution in [-0.2, 0) is 67.8 Å². The largest absolute Gasteiger partial charge is 0.447 e. The summed E-state index contributed by atoms with van der Waals surface area (Å²) < 4.78 is 33.6. The molecule has 0 fully saturated rings. The van der Waals surface area contributed by atoms with Gasteiger partial charge in [-0.05, 0) is 57.9 Å². The number of hydrogen-bond donors (Lipinski definition) is 0. The van der Waals surface area contributed by atoms with E-state index in [0.717, 1.165) is 30.9 Å². The predicted octanol–water partition coefficient (Wildman–Crippen LogP) is 8.07. The highest BCUT2D eigenvalue weighted by Crippen LogP contribution is 2.19. The van der Waals surface area contributed by atoms with Crippen LogP contribution in [0.5, 0.6) is 0 Å². The van der Waals surface area contributed by atoms with Gasteiger partial charge in [0.15, 0.2) is 0 Å². The first-order chi connectivity index (χ1) is 25.6. The molecule has 11 nitrogen and oxygen atoms in total. The monoisotopic (exact) mass is 785 g/mol. The summed E-state index contributed by atoms with van der Waals surface area (Å²) in [7, 11) is 0. The Labute approximate surface area is 320 Å². The van der Waals surface area contributed by atoms with Gasteiger partial charge in [-0.2, -0.15) is 0 Å². The van der Waals surface area contributed by atoms with Crippen LogP contribution in [0.3, 0.4) is 0 Å². The maximum Gasteiger partial charge on any atom is 0.410 e. The molecule has 5 heterocycles. The molecule has 0 aliphatic carbocycles. The van der Waals surface area contributed by atoms with Crippen molar-refractivity contribution in [3.05, 3.63) is 119 Å². The molecule has 278 valence electrons. The van der Waals surface area contributed by atoms with Crippen molar-refractivity contribution in [2.24, 2.45) is 0 Å². The molecule has 52 heavy (non-hydrogen) atoms. The molecule has 15 heteroatoms. The molecule has 0 saturated carbocycles. The molecular formula is C37H43N3O8S4. The van der Waals surface area contributed by atoms with Crippen molar-refractivity contribution in [3.63, 3.8) is 0 Å². The predicted molar refractivity (Wildman–Crippen MR) is 204 cm³/mol.